The predicted octanol–water partition coefficient (Wildman–Crippen LogP) is 5.31. The number of rotatable bonds is 14. The van der Waals surface area contributed by atoms with Gasteiger partial charge in [-0.1, -0.05) is 42.5 Å². The molecule has 0 bridgehead atoms. The Balaban J connectivity index is 1.74. The normalized spacial score (nSPS) is 12.9. The van der Waals surface area contributed by atoms with E-state index >= 15 is 0 Å². The Labute approximate surface area is 180 Å². The molecule has 0 radical (unpaired) electrons. The summed E-state index contributed by atoms with van der Waals surface area (Å²) in [5.74, 6) is 0.634. The molecule has 0 fully saturated rings. The molecule has 5 heteroatoms. The van der Waals surface area contributed by atoms with Crippen LogP contribution in [-0.4, -0.2) is 31.9 Å². The van der Waals surface area contributed by atoms with Gasteiger partial charge < -0.3 is 18.9 Å². The second-order valence-electron chi connectivity index (χ2n) is 7.33. The molecule has 30 heavy (non-hydrogen) atoms. The smallest absolute Gasteiger partial charge is 0.308 e. The first-order chi connectivity index (χ1) is 14.6. The molecule has 2 atom stereocenters. The quantitative estimate of drug-likeness (QED) is 0.392. The molecule has 0 heterocycles. The number of esters is 1. The van der Waals surface area contributed by atoms with E-state index in [2.05, 4.69) is 6.92 Å². The van der Waals surface area contributed by atoms with Crippen molar-refractivity contribution in [2.75, 3.05) is 13.7 Å². The lowest BCUT2D eigenvalue weighted by atomic mass is 10.1. The lowest BCUT2D eigenvalue weighted by Crippen LogP contribution is -2.20. The van der Waals surface area contributed by atoms with Crippen molar-refractivity contribution in [1.29, 1.82) is 0 Å². The van der Waals surface area contributed by atoms with Gasteiger partial charge in [-0.05, 0) is 56.4 Å². The van der Waals surface area contributed by atoms with E-state index in [1.165, 1.54) is 0 Å². The molecule has 2 aromatic carbocycles. The van der Waals surface area contributed by atoms with Crippen LogP contribution in [0, 0.1) is 0 Å². The summed E-state index contributed by atoms with van der Waals surface area (Å²) in [5, 5.41) is 0. The Kier molecular flexibility index (Phi) is 11.0. The molecule has 2 aromatic rings. The topological polar surface area (TPSA) is 54.0 Å². The first kappa shape index (κ1) is 23.9. The third kappa shape index (κ3) is 9.42. The number of carbonyl (C=O) groups is 1. The van der Waals surface area contributed by atoms with E-state index in [0.29, 0.717) is 19.8 Å². The number of hydrogen-bond donors (Lipinski definition) is 0. The van der Waals surface area contributed by atoms with Crippen LogP contribution < -0.4 is 4.74 Å². The van der Waals surface area contributed by atoms with Crippen LogP contribution in [0.5, 0.6) is 5.75 Å². The average molecular weight is 415 g/mol. The minimum Gasteiger partial charge on any atom is -0.497 e. The van der Waals surface area contributed by atoms with Gasteiger partial charge in [0.2, 0.25) is 0 Å². The fourth-order valence-electron chi connectivity index (χ4n) is 3.11. The van der Waals surface area contributed by atoms with Crippen molar-refractivity contribution in [2.24, 2.45) is 0 Å². The Morgan fingerprint density at radius 3 is 2.23 bits per heavy atom. The molecule has 0 aliphatic carbocycles. The zero-order chi connectivity index (χ0) is 21.6. The lowest BCUT2D eigenvalue weighted by molar-refractivity contribution is -0.146. The summed E-state index contributed by atoms with van der Waals surface area (Å²) in [7, 11) is 1.66. The molecule has 0 N–H and O–H groups in total. The highest BCUT2D eigenvalue weighted by Crippen LogP contribution is 2.17. The number of hydrogen-bond acceptors (Lipinski definition) is 5. The maximum absolute atomic E-state index is 11.9. The van der Waals surface area contributed by atoms with E-state index in [1.807, 2.05) is 61.5 Å². The van der Waals surface area contributed by atoms with Gasteiger partial charge in [0.1, 0.15) is 5.75 Å². The molecule has 0 amide bonds. The van der Waals surface area contributed by atoms with Gasteiger partial charge in [0.15, 0.2) is 0 Å². The summed E-state index contributed by atoms with van der Waals surface area (Å²) in [6.07, 6.45) is 2.87. The predicted molar refractivity (Wildman–Crippen MR) is 117 cm³/mol. The summed E-state index contributed by atoms with van der Waals surface area (Å²) in [4.78, 5) is 11.9. The van der Waals surface area contributed by atoms with Gasteiger partial charge in [-0.3, -0.25) is 4.79 Å². The van der Waals surface area contributed by atoms with Gasteiger partial charge >= 0.3 is 5.97 Å². The largest absolute Gasteiger partial charge is 0.497 e. The zero-order valence-corrected chi connectivity index (χ0v) is 18.3. The van der Waals surface area contributed by atoms with E-state index in [4.69, 9.17) is 18.9 Å². The summed E-state index contributed by atoms with van der Waals surface area (Å²) in [6, 6.07) is 17.9. The van der Waals surface area contributed by atoms with Crippen LogP contribution >= 0.6 is 0 Å². The Morgan fingerprint density at radius 1 is 0.900 bits per heavy atom. The van der Waals surface area contributed by atoms with E-state index in [0.717, 1.165) is 36.1 Å². The maximum atomic E-state index is 11.9. The second-order valence-corrected chi connectivity index (χ2v) is 7.33. The molecule has 0 aliphatic heterocycles. The lowest BCUT2D eigenvalue weighted by Gasteiger charge is -2.19. The zero-order valence-electron chi connectivity index (χ0n) is 18.3. The van der Waals surface area contributed by atoms with Crippen molar-refractivity contribution in [2.45, 2.75) is 65.0 Å². The standard InChI is InChI=1S/C25H34O5/c1-4-28-25(26)17-24(30-19-21-10-6-5-7-11-21)12-8-9-20(2)29-18-22-13-15-23(27-3)16-14-22/h5-7,10-11,13-16,20,24H,4,8-9,12,17-19H2,1-3H3/t20-,24+/m1/s1. The van der Waals surface area contributed by atoms with E-state index < -0.39 is 0 Å². The van der Waals surface area contributed by atoms with Crippen molar-refractivity contribution >= 4 is 5.97 Å². The summed E-state index contributed by atoms with van der Waals surface area (Å²) >= 11 is 0. The number of benzene rings is 2. The number of ether oxygens (including phenoxy) is 4. The Hall–Kier alpha value is -2.37. The minimum atomic E-state index is -0.209. The first-order valence-corrected chi connectivity index (χ1v) is 10.7. The monoisotopic (exact) mass is 414 g/mol. The van der Waals surface area contributed by atoms with E-state index in [1.54, 1.807) is 7.11 Å². The molecular formula is C25H34O5. The first-order valence-electron chi connectivity index (χ1n) is 10.7. The highest BCUT2D eigenvalue weighted by molar-refractivity contribution is 5.69. The molecule has 0 saturated carbocycles. The van der Waals surface area contributed by atoms with Crippen molar-refractivity contribution in [3.05, 3.63) is 65.7 Å². The van der Waals surface area contributed by atoms with Crippen molar-refractivity contribution in [1.82, 2.24) is 0 Å². The highest BCUT2D eigenvalue weighted by Gasteiger charge is 2.16. The number of methoxy groups -OCH3 is 1. The van der Waals surface area contributed by atoms with Gasteiger partial charge in [-0.15, -0.1) is 0 Å². The minimum absolute atomic E-state index is 0.129. The molecule has 0 aliphatic rings. The molecule has 2 rings (SSSR count). The molecule has 0 saturated heterocycles. The maximum Gasteiger partial charge on any atom is 0.308 e. The molecule has 5 nitrogen and oxygen atoms in total. The summed E-state index contributed by atoms with van der Waals surface area (Å²) in [5.41, 5.74) is 2.22. The van der Waals surface area contributed by atoms with Crippen LogP contribution in [0.4, 0.5) is 0 Å². The van der Waals surface area contributed by atoms with Crippen LogP contribution in [0.25, 0.3) is 0 Å². The van der Waals surface area contributed by atoms with Crippen LogP contribution in [-0.2, 0) is 32.2 Å². The van der Waals surface area contributed by atoms with Crippen molar-refractivity contribution in [3.8, 4) is 5.75 Å². The fourth-order valence-corrected chi connectivity index (χ4v) is 3.11. The Morgan fingerprint density at radius 2 is 1.57 bits per heavy atom. The van der Waals surface area contributed by atoms with Crippen LogP contribution in [0.1, 0.15) is 50.7 Å². The van der Waals surface area contributed by atoms with Crippen molar-refractivity contribution < 1.29 is 23.7 Å². The van der Waals surface area contributed by atoms with E-state index in [9.17, 15) is 4.79 Å². The average Bonchev–Trinajstić information content (AvgIpc) is 2.77. The molecular weight excluding hydrogens is 380 g/mol. The third-order valence-corrected chi connectivity index (χ3v) is 4.86. The van der Waals surface area contributed by atoms with Gasteiger partial charge in [0.25, 0.3) is 0 Å². The van der Waals surface area contributed by atoms with Gasteiger partial charge in [0, 0.05) is 0 Å². The third-order valence-electron chi connectivity index (χ3n) is 4.86. The van der Waals surface area contributed by atoms with E-state index in [-0.39, 0.29) is 24.6 Å². The molecule has 0 spiro atoms. The fraction of sp³-hybridized carbons (Fsp3) is 0.480. The molecule has 0 unspecified atom stereocenters. The summed E-state index contributed by atoms with van der Waals surface area (Å²) in [6.45, 7) is 5.35. The van der Waals surface area contributed by atoms with Crippen molar-refractivity contribution in [3.63, 3.8) is 0 Å². The number of carbonyl (C=O) groups excluding carboxylic acids is 1. The van der Waals surface area contributed by atoms with Gasteiger partial charge in [0.05, 0.1) is 45.6 Å². The molecule has 0 aromatic heterocycles. The van der Waals surface area contributed by atoms with Gasteiger partial charge in [-0.2, -0.15) is 0 Å². The van der Waals surface area contributed by atoms with Gasteiger partial charge in [-0.25, -0.2) is 0 Å². The van der Waals surface area contributed by atoms with Crippen LogP contribution in [0.15, 0.2) is 54.6 Å². The van der Waals surface area contributed by atoms with Crippen LogP contribution in [0.2, 0.25) is 0 Å². The van der Waals surface area contributed by atoms with Crippen LogP contribution in [0.3, 0.4) is 0 Å². The Bertz CT molecular complexity index is 714. The SMILES string of the molecule is CCOC(=O)C[C@H](CCC[C@@H](C)OCc1ccc(OC)cc1)OCc1ccccc1. The highest BCUT2D eigenvalue weighted by atomic mass is 16.5. The second kappa shape index (κ2) is 13.8. The molecule has 164 valence electrons. The summed E-state index contributed by atoms with van der Waals surface area (Å²) < 4.78 is 22.3.